The molecular formula is C13H23NO3. The van der Waals surface area contributed by atoms with Crippen LogP contribution in [0.15, 0.2) is 23.6 Å². The predicted octanol–water partition coefficient (Wildman–Crippen LogP) is 3.36. The van der Waals surface area contributed by atoms with Gasteiger partial charge in [0.2, 0.25) is 0 Å². The summed E-state index contributed by atoms with van der Waals surface area (Å²) in [5.74, 6) is 0.857. The Morgan fingerprint density at radius 2 is 1.88 bits per heavy atom. The lowest BCUT2D eigenvalue weighted by Crippen LogP contribution is -2.31. The number of carbonyl (C=O) groups excluding carboxylic acids is 1. The van der Waals surface area contributed by atoms with E-state index in [0.29, 0.717) is 5.70 Å². The van der Waals surface area contributed by atoms with Gasteiger partial charge in [-0.25, -0.2) is 4.79 Å². The van der Waals surface area contributed by atoms with Gasteiger partial charge in [-0.05, 0) is 39.8 Å². The summed E-state index contributed by atoms with van der Waals surface area (Å²) < 4.78 is 10.2. The molecule has 0 aromatic rings. The van der Waals surface area contributed by atoms with Crippen LogP contribution in [0, 0.1) is 0 Å². The first-order valence-corrected chi connectivity index (χ1v) is 5.70. The van der Waals surface area contributed by atoms with Crippen LogP contribution in [0.1, 0.15) is 41.0 Å². The van der Waals surface area contributed by atoms with E-state index in [1.54, 1.807) is 20.1 Å². The lowest BCUT2D eigenvalue weighted by molar-refractivity contribution is 0.0546. The lowest BCUT2D eigenvalue weighted by atomic mass is 10.2. The number of hydrogen-bond acceptors (Lipinski definition) is 3. The van der Waals surface area contributed by atoms with Crippen molar-refractivity contribution in [3.05, 3.63) is 23.6 Å². The Morgan fingerprint density at radius 3 is 2.29 bits per heavy atom. The summed E-state index contributed by atoms with van der Waals surface area (Å²) >= 11 is 0. The maximum atomic E-state index is 11.4. The first-order valence-electron chi connectivity index (χ1n) is 5.70. The molecular weight excluding hydrogens is 218 g/mol. The van der Waals surface area contributed by atoms with Gasteiger partial charge in [-0.15, -0.1) is 0 Å². The first-order chi connectivity index (χ1) is 7.78. The van der Waals surface area contributed by atoms with Crippen molar-refractivity contribution in [2.45, 2.75) is 46.6 Å². The molecule has 0 saturated carbocycles. The Kier molecular flexibility index (Phi) is 6.39. The largest absolute Gasteiger partial charge is 0.501 e. The summed E-state index contributed by atoms with van der Waals surface area (Å²) in [5.41, 5.74) is 0.226. The SMILES string of the molecule is CC/C(=C\C=C(/C)NC(=O)OC(C)(C)C)OC. The molecule has 0 rings (SSSR count). The van der Waals surface area contributed by atoms with Gasteiger partial charge in [0, 0.05) is 12.1 Å². The molecule has 0 heterocycles. The van der Waals surface area contributed by atoms with E-state index in [1.807, 2.05) is 33.8 Å². The van der Waals surface area contributed by atoms with E-state index in [2.05, 4.69) is 5.32 Å². The molecule has 1 amide bonds. The average molecular weight is 241 g/mol. The quantitative estimate of drug-likeness (QED) is 0.606. The van der Waals surface area contributed by atoms with Crippen molar-refractivity contribution < 1.29 is 14.3 Å². The van der Waals surface area contributed by atoms with Gasteiger partial charge in [-0.2, -0.15) is 0 Å². The number of methoxy groups -OCH3 is 1. The molecule has 4 heteroatoms. The van der Waals surface area contributed by atoms with Crippen LogP contribution in [-0.2, 0) is 9.47 Å². The van der Waals surface area contributed by atoms with Crippen LogP contribution in [0.5, 0.6) is 0 Å². The number of carbonyl (C=O) groups is 1. The Bertz CT molecular complexity index is 305. The second kappa shape index (κ2) is 6.99. The molecule has 0 aliphatic heterocycles. The second-order valence-corrected chi connectivity index (χ2v) is 4.67. The fraction of sp³-hybridized carbons (Fsp3) is 0.615. The van der Waals surface area contributed by atoms with E-state index < -0.39 is 11.7 Å². The standard InChI is InChI=1S/C13H23NO3/c1-7-11(16-6)9-8-10(2)14-12(15)17-13(3,4)5/h8-9H,7H2,1-6H3,(H,14,15)/b10-8+,11-9+. The van der Waals surface area contributed by atoms with Crippen molar-refractivity contribution in [1.82, 2.24) is 5.32 Å². The Balaban J connectivity index is 4.35. The molecule has 0 atom stereocenters. The number of ether oxygens (including phenoxy) is 2. The van der Waals surface area contributed by atoms with Crippen molar-refractivity contribution in [3.8, 4) is 0 Å². The van der Waals surface area contributed by atoms with E-state index in [1.165, 1.54) is 0 Å². The summed E-state index contributed by atoms with van der Waals surface area (Å²) in [6.45, 7) is 9.27. The molecule has 0 spiro atoms. The molecule has 98 valence electrons. The fourth-order valence-corrected chi connectivity index (χ4v) is 1.05. The smallest absolute Gasteiger partial charge is 0.411 e. The van der Waals surface area contributed by atoms with E-state index >= 15 is 0 Å². The second-order valence-electron chi connectivity index (χ2n) is 4.67. The third-order valence-corrected chi connectivity index (χ3v) is 1.83. The Hall–Kier alpha value is -1.45. The van der Waals surface area contributed by atoms with Crippen LogP contribution < -0.4 is 5.32 Å². The van der Waals surface area contributed by atoms with Gasteiger partial charge < -0.3 is 9.47 Å². The van der Waals surface area contributed by atoms with Crippen LogP contribution >= 0.6 is 0 Å². The maximum absolute atomic E-state index is 11.4. The molecule has 0 aromatic carbocycles. The van der Waals surface area contributed by atoms with Crippen LogP contribution in [0.3, 0.4) is 0 Å². The van der Waals surface area contributed by atoms with Gasteiger partial charge in [-0.1, -0.05) is 6.92 Å². The van der Waals surface area contributed by atoms with Crippen LogP contribution in [0.4, 0.5) is 4.79 Å². The number of rotatable bonds is 4. The zero-order chi connectivity index (χ0) is 13.5. The molecule has 1 N–H and O–H groups in total. The highest BCUT2D eigenvalue weighted by atomic mass is 16.6. The number of allylic oxidation sites excluding steroid dienone is 4. The van der Waals surface area contributed by atoms with Crippen molar-refractivity contribution in [2.75, 3.05) is 7.11 Å². The van der Waals surface area contributed by atoms with Gasteiger partial charge in [0.15, 0.2) is 0 Å². The average Bonchev–Trinajstić information content (AvgIpc) is 2.16. The fourth-order valence-electron chi connectivity index (χ4n) is 1.05. The molecule has 0 bridgehead atoms. The summed E-state index contributed by atoms with van der Waals surface area (Å²) in [6, 6.07) is 0. The highest BCUT2D eigenvalue weighted by Gasteiger charge is 2.15. The summed E-state index contributed by atoms with van der Waals surface area (Å²) in [4.78, 5) is 11.4. The van der Waals surface area contributed by atoms with Gasteiger partial charge in [0.05, 0.1) is 12.9 Å². The molecule has 4 nitrogen and oxygen atoms in total. The Morgan fingerprint density at radius 1 is 1.29 bits per heavy atom. The van der Waals surface area contributed by atoms with E-state index in [4.69, 9.17) is 9.47 Å². The van der Waals surface area contributed by atoms with E-state index in [9.17, 15) is 4.79 Å². The van der Waals surface area contributed by atoms with Crippen molar-refractivity contribution in [3.63, 3.8) is 0 Å². The van der Waals surface area contributed by atoms with Crippen molar-refractivity contribution in [1.29, 1.82) is 0 Å². The van der Waals surface area contributed by atoms with Crippen LogP contribution in [0.25, 0.3) is 0 Å². The summed E-state index contributed by atoms with van der Waals surface area (Å²) in [6.07, 6.45) is 3.97. The van der Waals surface area contributed by atoms with Crippen LogP contribution in [-0.4, -0.2) is 18.8 Å². The zero-order valence-electron chi connectivity index (χ0n) is 11.6. The topological polar surface area (TPSA) is 47.6 Å². The van der Waals surface area contributed by atoms with Gasteiger partial charge >= 0.3 is 6.09 Å². The molecule has 0 saturated heterocycles. The molecule has 0 aliphatic rings. The molecule has 0 aromatic heterocycles. The van der Waals surface area contributed by atoms with Crippen LogP contribution in [0.2, 0.25) is 0 Å². The van der Waals surface area contributed by atoms with Crippen molar-refractivity contribution >= 4 is 6.09 Å². The van der Waals surface area contributed by atoms with Gasteiger partial charge in [0.1, 0.15) is 5.60 Å². The minimum absolute atomic E-state index is 0.449. The van der Waals surface area contributed by atoms with Gasteiger partial charge in [-0.3, -0.25) is 5.32 Å². The van der Waals surface area contributed by atoms with E-state index in [0.717, 1.165) is 12.2 Å². The third kappa shape index (κ3) is 8.37. The number of amides is 1. The van der Waals surface area contributed by atoms with E-state index in [-0.39, 0.29) is 0 Å². The summed E-state index contributed by atoms with van der Waals surface area (Å²) in [5, 5.41) is 2.64. The number of nitrogens with one attached hydrogen (secondary N) is 1. The normalized spacial score (nSPS) is 13.3. The molecule has 0 fully saturated rings. The lowest BCUT2D eigenvalue weighted by Gasteiger charge is -2.19. The molecule has 17 heavy (non-hydrogen) atoms. The maximum Gasteiger partial charge on any atom is 0.411 e. The summed E-state index contributed by atoms with van der Waals surface area (Å²) in [7, 11) is 1.62. The minimum Gasteiger partial charge on any atom is -0.501 e. The van der Waals surface area contributed by atoms with Crippen molar-refractivity contribution in [2.24, 2.45) is 0 Å². The predicted molar refractivity (Wildman–Crippen MR) is 68.5 cm³/mol. The van der Waals surface area contributed by atoms with Gasteiger partial charge in [0.25, 0.3) is 0 Å². The molecule has 0 aliphatic carbocycles. The highest BCUT2D eigenvalue weighted by Crippen LogP contribution is 2.07. The minimum atomic E-state index is -0.485. The molecule has 0 unspecified atom stereocenters. The molecule has 0 radical (unpaired) electrons. The number of hydrogen-bond donors (Lipinski definition) is 1. The first kappa shape index (κ1) is 15.6. The Labute approximate surface area is 104 Å². The number of alkyl carbamates (subject to hydrolysis) is 1. The third-order valence-electron chi connectivity index (χ3n) is 1.83. The monoisotopic (exact) mass is 241 g/mol. The highest BCUT2D eigenvalue weighted by molar-refractivity contribution is 5.69. The zero-order valence-corrected chi connectivity index (χ0v) is 11.6.